The molecule has 5 nitrogen and oxygen atoms in total. The second-order valence-corrected chi connectivity index (χ2v) is 5.97. The zero-order valence-electron chi connectivity index (χ0n) is 11.4. The van der Waals surface area contributed by atoms with Crippen LogP contribution in [0.3, 0.4) is 0 Å². The van der Waals surface area contributed by atoms with Crippen molar-refractivity contribution in [1.82, 2.24) is 10.2 Å². The van der Waals surface area contributed by atoms with Gasteiger partial charge in [0.15, 0.2) is 0 Å². The summed E-state index contributed by atoms with van der Waals surface area (Å²) in [5, 5.41) is 3.30. The number of nitrogens with zero attached hydrogens (tertiary/aromatic N) is 1. The van der Waals surface area contributed by atoms with Crippen molar-refractivity contribution in [1.29, 1.82) is 0 Å². The molecule has 3 aliphatic rings. The van der Waals surface area contributed by atoms with Crippen LogP contribution in [-0.4, -0.2) is 49.1 Å². The smallest absolute Gasteiger partial charge is 0.233 e. The van der Waals surface area contributed by atoms with Gasteiger partial charge < -0.3 is 10.1 Å². The summed E-state index contributed by atoms with van der Waals surface area (Å²) in [6.45, 7) is 4.71. The number of morpholine rings is 1. The van der Waals surface area contributed by atoms with Gasteiger partial charge in [0.05, 0.1) is 25.0 Å². The summed E-state index contributed by atoms with van der Waals surface area (Å²) in [6.07, 6.45) is 2.87. The summed E-state index contributed by atoms with van der Waals surface area (Å²) in [5.41, 5.74) is 0. The predicted molar refractivity (Wildman–Crippen MR) is 69.3 cm³/mol. The fraction of sp³-hybridized carbons (Fsp3) is 0.857. The number of carbonyl (C=O) groups is 2. The van der Waals surface area contributed by atoms with E-state index in [4.69, 9.17) is 4.74 Å². The molecule has 3 atom stereocenters. The third kappa shape index (κ3) is 2.30. The van der Waals surface area contributed by atoms with E-state index < -0.39 is 0 Å². The molecule has 0 aromatic heterocycles. The summed E-state index contributed by atoms with van der Waals surface area (Å²) in [7, 11) is 0. The third-order valence-electron chi connectivity index (χ3n) is 4.81. The lowest BCUT2D eigenvalue weighted by Crippen LogP contribution is -2.50. The fourth-order valence-electron chi connectivity index (χ4n) is 3.67. The molecule has 2 aliphatic heterocycles. The summed E-state index contributed by atoms with van der Waals surface area (Å²) in [4.78, 5) is 26.2. The summed E-state index contributed by atoms with van der Waals surface area (Å²) in [6, 6.07) is 0.0995. The number of imide groups is 1. The Hall–Kier alpha value is -0.940. The first-order chi connectivity index (χ1) is 9.20. The van der Waals surface area contributed by atoms with Gasteiger partial charge in [-0.1, -0.05) is 13.3 Å². The summed E-state index contributed by atoms with van der Waals surface area (Å²) < 4.78 is 5.38. The SMILES string of the molecule is CCC1CC2C(=O)N(CC3COCCN3)C(=O)C2C1. The van der Waals surface area contributed by atoms with Gasteiger partial charge in [-0.05, 0) is 18.8 Å². The molecule has 0 spiro atoms. The van der Waals surface area contributed by atoms with Gasteiger partial charge in [0.1, 0.15) is 0 Å². The minimum Gasteiger partial charge on any atom is -0.378 e. The highest BCUT2D eigenvalue weighted by atomic mass is 16.5. The Morgan fingerprint density at radius 2 is 1.95 bits per heavy atom. The maximum atomic E-state index is 12.4. The van der Waals surface area contributed by atoms with Crippen molar-refractivity contribution in [3.05, 3.63) is 0 Å². The van der Waals surface area contributed by atoms with Crippen molar-refractivity contribution in [2.45, 2.75) is 32.2 Å². The van der Waals surface area contributed by atoms with Gasteiger partial charge in [0.2, 0.25) is 11.8 Å². The van der Waals surface area contributed by atoms with Crippen LogP contribution in [0.2, 0.25) is 0 Å². The van der Waals surface area contributed by atoms with Crippen molar-refractivity contribution in [3.8, 4) is 0 Å². The second kappa shape index (κ2) is 5.21. The molecule has 0 radical (unpaired) electrons. The molecule has 2 heterocycles. The molecular formula is C14H22N2O3. The molecule has 1 saturated carbocycles. The Morgan fingerprint density at radius 1 is 1.26 bits per heavy atom. The minimum atomic E-state index is -0.0399. The number of amides is 2. The Bertz CT molecular complexity index is 355. The Labute approximate surface area is 113 Å². The first kappa shape index (κ1) is 13.1. The van der Waals surface area contributed by atoms with Crippen LogP contribution in [0.1, 0.15) is 26.2 Å². The molecule has 106 valence electrons. The second-order valence-electron chi connectivity index (χ2n) is 5.97. The number of hydrogen-bond donors (Lipinski definition) is 1. The first-order valence-corrected chi connectivity index (χ1v) is 7.37. The number of ether oxygens (including phenoxy) is 1. The van der Waals surface area contributed by atoms with Gasteiger partial charge in [0.25, 0.3) is 0 Å². The van der Waals surface area contributed by atoms with Crippen molar-refractivity contribution in [2.75, 3.05) is 26.3 Å². The van der Waals surface area contributed by atoms with Gasteiger partial charge in [-0.2, -0.15) is 0 Å². The van der Waals surface area contributed by atoms with Gasteiger partial charge in [-0.25, -0.2) is 0 Å². The van der Waals surface area contributed by atoms with Gasteiger partial charge >= 0.3 is 0 Å². The average molecular weight is 266 g/mol. The fourth-order valence-corrected chi connectivity index (χ4v) is 3.67. The summed E-state index contributed by atoms with van der Waals surface area (Å²) >= 11 is 0. The van der Waals surface area contributed by atoms with Gasteiger partial charge in [-0.15, -0.1) is 0 Å². The molecule has 0 aromatic carbocycles. The highest BCUT2D eigenvalue weighted by Gasteiger charge is 2.52. The maximum absolute atomic E-state index is 12.4. The average Bonchev–Trinajstić information content (AvgIpc) is 2.96. The van der Waals surface area contributed by atoms with Crippen molar-refractivity contribution < 1.29 is 14.3 Å². The quantitative estimate of drug-likeness (QED) is 0.751. The number of hydrogen-bond acceptors (Lipinski definition) is 4. The molecule has 0 aromatic rings. The molecule has 5 heteroatoms. The molecule has 2 amide bonds. The molecule has 0 bridgehead atoms. The normalized spacial score (nSPS) is 38.9. The topological polar surface area (TPSA) is 58.6 Å². The van der Waals surface area contributed by atoms with E-state index in [1.807, 2.05) is 0 Å². The van der Waals surface area contributed by atoms with E-state index in [9.17, 15) is 9.59 Å². The van der Waals surface area contributed by atoms with Crippen LogP contribution < -0.4 is 5.32 Å². The summed E-state index contributed by atoms with van der Waals surface area (Å²) in [5.74, 6) is 0.585. The van der Waals surface area contributed by atoms with Crippen LogP contribution in [0.5, 0.6) is 0 Å². The van der Waals surface area contributed by atoms with Crippen molar-refractivity contribution >= 4 is 11.8 Å². The van der Waals surface area contributed by atoms with E-state index in [2.05, 4.69) is 12.2 Å². The monoisotopic (exact) mass is 266 g/mol. The van der Waals surface area contributed by atoms with E-state index in [0.29, 0.717) is 25.7 Å². The van der Waals surface area contributed by atoms with Crippen LogP contribution >= 0.6 is 0 Å². The van der Waals surface area contributed by atoms with Gasteiger partial charge in [0, 0.05) is 19.1 Å². The molecule has 1 N–H and O–H groups in total. The standard InChI is InChI=1S/C14H22N2O3/c1-2-9-5-11-12(6-9)14(18)16(13(11)17)7-10-8-19-4-3-15-10/h9-12,15H,2-8H2,1H3. The molecule has 1 aliphatic carbocycles. The maximum Gasteiger partial charge on any atom is 0.233 e. The lowest BCUT2D eigenvalue weighted by molar-refractivity contribution is -0.141. The van der Waals surface area contributed by atoms with E-state index in [-0.39, 0.29) is 29.7 Å². The molecule has 3 rings (SSSR count). The first-order valence-electron chi connectivity index (χ1n) is 7.37. The largest absolute Gasteiger partial charge is 0.378 e. The van der Waals surface area contributed by atoms with Crippen LogP contribution in [0, 0.1) is 17.8 Å². The molecule has 19 heavy (non-hydrogen) atoms. The number of fused-ring (bicyclic) bond motifs is 1. The zero-order chi connectivity index (χ0) is 13.4. The molecule has 3 unspecified atom stereocenters. The van der Waals surface area contributed by atoms with E-state index in [1.54, 1.807) is 0 Å². The van der Waals surface area contributed by atoms with Gasteiger partial charge in [-0.3, -0.25) is 14.5 Å². The highest BCUT2D eigenvalue weighted by molar-refractivity contribution is 6.05. The van der Waals surface area contributed by atoms with E-state index in [0.717, 1.165) is 25.8 Å². The zero-order valence-corrected chi connectivity index (χ0v) is 11.4. The van der Waals surface area contributed by atoms with Crippen LogP contribution in [0.4, 0.5) is 0 Å². The van der Waals surface area contributed by atoms with Crippen LogP contribution in [-0.2, 0) is 14.3 Å². The van der Waals surface area contributed by atoms with E-state index >= 15 is 0 Å². The molecule has 2 saturated heterocycles. The van der Waals surface area contributed by atoms with Crippen molar-refractivity contribution in [3.63, 3.8) is 0 Å². The Balaban J connectivity index is 1.65. The lowest BCUT2D eigenvalue weighted by Gasteiger charge is -2.28. The Morgan fingerprint density at radius 3 is 2.47 bits per heavy atom. The number of nitrogens with one attached hydrogen (secondary N) is 1. The number of rotatable bonds is 3. The van der Waals surface area contributed by atoms with Crippen LogP contribution in [0.15, 0.2) is 0 Å². The highest BCUT2D eigenvalue weighted by Crippen LogP contribution is 2.44. The van der Waals surface area contributed by atoms with E-state index in [1.165, 1.54) is 4.90 Å². The lowest BCUT2D eigenvalue weighted by atomic mass is 10.00. The van der Waals surface area contributed by atoms with Crippen molar-refractivity contribution in [2.24, 2.45) is 17.8 Å². The minimum absolute atomic E-state index is 0.0399. The molecule has 3 fully saturated rings. The third-order valence-corrected chi connectivity index (χ3v) is 4.81. The predicted octanol–water partition coefficient (Wildman–Crippen LogP) is 0.396. The number of carbonyl (C=O) groups excluding carboxylic acids is 2. The van der Waals surface area contributed by atoms with Crippen LogP contribution in [0.25, 0.3) is 0 Å². The Kier molecular flexibility index (Phi) is 3.58. The molecular weight excluding hydrogens is 244 g/mol. The number of likely N-dealkylation sites (tertiary alicyclic amines) is 1.